The minimum absolute atomic E-state index is 0.825. The molecule has 1 aliphatic heterocycles. The highest BCUT2D eigenvalue weighted by Gasteiger charge is 1.70. The molecule has 0 radical (unpaired) electrons. The third kappa shape index (κ3) is 3.53. The SMILES string of the molecule is C1=II=II=I1. The van der Waals surface area contributed by atoms with Crippen LogP contribution in [0.5, 0.6) is 0 Å². The Hall–Kier alpha value is 3.52. The fourth-order valence-electron chi connectivity index (χ4n) is 0.0666. The molecule has 0 saturated heterocycles. The van der Waals surface area contributed by atoms with E-state index in [1.165, 1.54) is 0 Å². The molecule has 0 aromatic heterocycles. The third-order valence-corrected chi connectivity index (χ3v) is 120. The monoisotopic (exact) mass is 648 g/mol. The Morgan fingerprint density at radius 2 is 2.00 bits per heavy atom. The van der Waals surface area contributed by atoms with Crippen LogP contribution in [0.15, 0.2) is 0 Å². The molecule has 0 atom stereocenters. The lowest BCUT2D eigenvalue weighted by atomic mass is 12.0. The zero-order chi connectivity index (χ0) is 4.24. The molecular weight excluding hydrogens is 647 g/mol. The van der Waals surface area contributed by atoms with Crippen LogP contribution in [0.25, 0.3) is 0 Å². The summed E-state index contributed by atoms with van der Waals surface area (Å²) in [6.45, 7) is 0. The highest BCUT2D eigenvalue weighted by Crippen LogP contribution is 2.49. The van der Waals surface area contributed by atoms with Crippen LogP contribution < -0.4 is 0 Å². The third-order valence-electron chi connectivity index (χ3n) is 0.166. The molecule has 0 spiro atoms. The number of hydrogen-bond donors (Lipinski definition) is 0. The van der Waals surface area contributed by atoms with Crippen molar-refractivity contribution in [2.75, 3.05) is 0 Å². The van der Waals surface area contributed by atoms with Crippen molar-refractivity contribution in [3.05, 3.63) is 0 Å². The van der Waals surface area contributed by atoms with Gasteiger partial charge >= 0.3 is 0 Å². The molecule has 0 amide bonds. The Morgan fingerprint density at radius 1 is 1.00 bits per heavy atom. The van der Waals surface area contributed by atoms with Gasteiger partial charge in [-0.3, -0.25) is 0 Å². The summed E-state index contributed by atoms with van der Waals surface area (Å²) < 4.78 is 2.74. The molecular formula is CHI5. The van der Waals surface area contributed by atoms with Gasteiger partial charge in [0.1, 0.15) is 0 Å². The van der Waals surface area contributed by atoms with Crippen LogP contribution in [-0.2, 0) is 0 Å². The number of hydrogen-bond acceptors (Lipinski definition) is 0. The van der Waals surface area contributed by atoms with Gasteiger partial charge in [-0.1, -0.05) is 0 Å². The van der Waals surface area contributed by atoms with Gasteiger partial charge < -0.3 is 0 Å². The molecule has 0 saturated carbocycles. The molecule has 1 rings (SSSR count). The second-order valence-electron chi connectivity index (χ2n) is 0.409. The Labute approximate surface area is 70.4 Å². The number of rotatable bonds is 0. The van der Waals surface area contributed by atoms with Gasteiger partial charge in [0.25, 0.3) is 0 Å². The molecule has 0 unspecified atom stereocenters. The molecule has 0 fully saturated rings. The van der Waals surface area contributed by atoms with Crippen LogP contribution in [0.3, 0.4) is 0 Å². The molecule has 6 heavy (non-hydrogen) atoms. The molecule has 1 aliphatic rings. The van der Waals surface area contributed by atoms with Gasteiger partial charge in [-0.05, 0) is 71.2 Å². The summed E-state index contributed by atoms with van der Waals surface area (Å²) in [5, 5.41) is 0. The topological polar surface area (TPSA) is 0 Å². The predicted octanol–water partition coefficient (Wildman–Crippen LogP) is 4.27. The lowest BCUT2D eigenvalue weighted by molar-refractivity contribution is 4.84. The van der Waals surface area contributed by atoms with E-state index < -0.39 is 0 Å². The smallest absolute Gasteiger partial charge is 0.0160 e. The van der Waals surface area contributed by atoms with Crippen LogP contribution in [0.1, 0.15) is 0 Å². The van der Waals surface area contributed by atoms with Gasteiger partial charge in [0.2, 0.25) is 0 Å². The number of halogens is 5. The summed E-state index contributed by atoms with van der Waals surface area (Å²) in [5.74, 6) is 0. The molecule has 0 aliphatic carbocycles. The van der Waals surface area contributed by atoms with Gasteiger partial charge in [-0.25, -0.2) is 0 Å². The van der Waals surface area contributed by atoms with E-state index >= 15 is 0 Å². The average molecular weight is 648 g/mol. The van der Waals surface area contributed by atoms with Crippen molar-refractivity contribution in [1.29, 1.82) is 0 Å². The van der Waals surface area contributed by atoms with E-state index in [0.717, 1.165) is 71.2 Å². The highest BCUT2D eigenvalue weighted by atomic mass is 128. The van der Waals surface area contributed by atoms with Crippen molar-refractivity contribution in [3.8, 4) is 0 Å². The van der Waals surface area contributed by atoms with Crippen molar-refractivity contribution >= 4 is 73.2 Å². The van der Waals surface area contributed by atoms with Crippen molar-refractivity contribution in [3.63, 3.8) is 0 Å². The van der Waals surface area contributed by atoms with Crippen LogP contribution in [-0.4, -0.2) is 2.02 Å². The maximum absolute atomic E-state index is 2.74. The summed E-state index contributed by atoms with van der Waals surface area (Å²) in [6.07, 6.45) is 0. The summed E-state index contributed by atoms with van der Waals surface area (Å²) in [4.78, 5) is 0. The summed E-state index contributed by atoms with van der Waals surface area (Å²) in [6, 6.07) is 0. The first-order valence-electron chi connectivity index (χ1n) is 1.01. The van der Waals surface area contributed by atoms with E-state index in [0.29, 0.717) is 0 Å². The molecule has 40 valence electrons. The summed E-state index contributed by atoms with van der Waals surface area (Å²) in [5.41, 5.74) is 0. The van der Waals surface area contributed by atoms with Gasteiger partial charge in [-0.2, -0.15) is 0 Å². The first kappa shape index (κ1) is 7.63. The van der Waals surface area contributed by atoms with Crippen molar-refractivity contribution in [2.45, 2.75) is 0 Å². The van der Waals surface area contributed by atoms with E-state index in [2.05, 4.69) is 2.02 Å². The first-order chi connectivity index (χ1) is 3.00. The maximum atomic E-state index is 2.74. The van der Waals surface area contributed by atoms with Gasteiger partial charge in [0.05, 0.1) is 0 Å². The van der Waals surface area contributed by atoms with Gasteiger partial charge in [0.15, 0.2) is 0 Å². The Bertz CT molecular complexity index is 73.3. The van der Waals surface area contributed by atoms with Gasteiger partial charge in [-0.15, -0.1) is 0 Å². The maximum Gasteiger partial charge on any atom is 0.0160 e. The van der Waals surface area contributed by atoms with E-state index in [9.17, 15) is 0 Å². The normalized spacial score (nSPS) is 22.7. The second kappa shape index (κ2) is 5.32. The Morgan fingerprint density at radius 3 is 2.17 bits per heavy atom. The fraction of sp³-hybridized carbons (Fsp3) is 0. The lowest BCUT2D eigenvalue weighted by Crippen LogP contribution is -1.21. The molecule has 0 aromatic rings. The zero-order valence-corrected chi connectivity index (χ0v) is 13.3. The summed E-state index contributed by atoms with van der Waals surface area (Å²) >= 11 is 4.56. The van der Waals surface area contributed by atoms with Crippen LogP contribution in [0.4, 0.5) is 0 Å². The molecule has 0 nitrogen and oxygen atoms in total. The van der Waals surface area contributed by atoms with E-state index in [1.54, 1.807) is 0 Å². The summed E-state index contributed by atoms with van der Waals surface area (Å²) in [7, 11) is 0. The standard InChI is InChI=1S/CHI5/c1-2-4-6-5-3-1/h1H. The predicted molar refractivity (Wildman–Crippen MR) is 76.2 cm³/mol. The largest absolute Gasteiger partial charge is 0.0398 e. The first-order valence-corrected chi connectivity index (χ1v) is 28.6. The van der Waals surface area contributed by atoms with Gasteiger partial charge in [0, 0.05) is 2.02 Å². The Kier molecular flexibility index (Phi) is 6.76. The van der Waals surface area contributed by atoms with E-state index in [-0.39, 0.29) is 0 Å². The molecule has 5 heteroatoms. The molecule has 0 bridgehead atoms. The van der Waals surface area contributed by atoms with Crippen LogP contribution >= 0.6 is 71.2 Å². The molecule has 0 aromatic carbocycles. The van der Waals surface area contributed by atoms with E-state index in [4.69, 9.17) is 0 Å². The minimum Gasteiger partial charge on any atom is -0.0398 e. The van der Waals surface area contributed by atoms with Crippen molar-refractivity contribution < 1.29 is 0 Å². The van der Waals surface area contributed by atoms with Crippen molar-refractivity contribution in [2.24, 2.45) is 0 Å². The average Bonchev–Trinajstić information content (AvgIpc) is 1.72. The molecule has 0 N–H and O–H groups in total. The van der Waals surface area contributed by atoms with E-state index in [1.807, 2.05) is 0 Å². The van der Waals surface area contributed by atoms with Crippen LogP contribution in [0, 0.1) is 0 Å². The second-order valence-corrected chi connectivity index (χ2v) is 60.0. The quantitative estimate of drug-likeness (QED) is 0.345. The highest BCUT2D eigenvalue weighted by molar-refractivity contribution is 15.5. The zero-order valence-electron chi connectivity index (χ0n) is 2.47. The lowest BCUT2D eigenvalue weighted by Gasteiger charge is -1.72. The van der Waals surface area contributed by atoms with Crippen molar-refractivity contribution in [1.82, 2.24) is 0 Å². The minimum atomic E-state index is 0.825. The molecule has 1 heterocycles. The van der Waals surface area contributed by atoms with Crippen LogP contribution in [0.2, 0.25) is 0 Å². The Balaban J connectivity index is 2.77. The fourth-order valence-corrected chi connectivity index (χ4v) is 224.